The molecule has 0 amide bonds. The third-order valence-corrected chi connectivity index (χ3v) is 5.45. The molecular weight excluding hydrogens is 404 g/mol. The molecule has 1 saturated carbocycles. The molecule has 4 unspecified atom stereocenters. The van der Waals surface area contributed by atoms with E-state index in [4.69, 9.17) is 4.74 Å². The van der Waals surface area contributed by atoms with E-state index >= 15 is 0 Å². The van der Waals surface area contributed by atoms with Crippen LogP contribution in [0.4, 0.5) is 0 Å². The minimum absolute atomic E-state index is 0.0920. The maximum Gasteiger partial charge on any atom is 0.313 e. The lowest BCUT2D eigenvalue weighted by atomic mass is 9.93. The zero-order valence-corrected chi connectivity index (χ0v) is 17.7. The van der Waals surface area contributed by atoms with Gasteiger partial charge in [0.2, 0.25) is 30.0 Å². The molecule has 4 atom stereocenters. The van der Waals surface area contributed by atoms with Crippen molar-refractivity contribution in [2.75, 3.05) is 13.1 Å². The number of aliphatic imine (C=N–C) groups is 4. The Morgan fingerprint density at radius 1 is 1.00 bits per heavy atom. The Balaban J connectivity index is 2.79. The molecule has 0 aromatic carbocycles. The van der Waals surface area contributed by atoms with Gasteiger partial charge in [-0.2, -0.15) is 4.99 Å². The van der Waals surface area contributed by atoms with Crippen molar-refractivity contribution in [2.24, 2.45) is 31.8 Å². The van der Waals surface area contributed by atoms with E-state index in [0.29, 0.717) is 25.8 Å². The Kier molecular flexibility index (Phi) is 12.5. The topological polar surface area (TPSA) is 144 Å². The number of carbonyl (C=O) groups excluding carboxylic acids is 5. The highest BCUT2D eigenvalue weighted by Gasteiger charge is 2.44. The first-order valence-corrected chi connectivity index (χ1v) is 10.5. The van der Waals surface area contributed by atoms with Gasteiger partial charge in [-0.25, -0.2) is 34.2 Å². The van der Waals surface area contributed by atoms with Crippen LogP contribution in [-0.4, -0.2) is 55.1 Å². The van der Waals surface area contributed by atoms with Gasteiger partial charge >= 0.3 is 5.97 Å². The second kappa shape index (κ2) is 14.9. The van der Waals surface area contributed by atoms with Gasteiger partial charge in [0.05, 0.1) is 25.0 Å². The zero-order chi connectivity index (χ0) is 23.0. The lowest BCUT2D eigenvalue weighted by Crippen LogP contribution is -2.34. The molecule has 1 fully saturated rings. The van der Waals surface area contributed by atoms with Gasteiger partial charge in [-0.1, -0.05) is 26.2 Å². The third-order valence-electron chi connectivity index (χ3n) is 5.45. The SMILES string of the molecule is CCCCC(CCCC(CN=C=O)C(=O)OC1(N=C=O)CCC(N=C=O)C1)CN=C=O. The summed E-state index contributed by atoms with van der Waals surface area (Å²) in [6, 6.07) is -0.438. The summed E-state index contributed by atoms with van der Waals surface area (Å²) in [5.74, 6) is -1.14. The quantitative estimate of drug-likeness (QED) is 0.221. The third kappa shape index (κ3) is 9.56. The highest BCUT2D eigenvalue weighted by atomic mass is 16.6. The fourth-order valence-electron chi connectivity index (χ4n) is 3.79. The molecular formula is C21H28N4O6. The lowest BCUT2D eigenvalue weighted by Gasteiger charge is -2.25. The van der Waals surface area contributed by atoms with Crippen molar-refractivity contribution in [3.8, 4) is 0 Å². The van der Waals surface area contributed by atoms with E-state index in [2.05, 4.69) is 26.9 Å². The van der Waals surface area contributed by atoms with Gasteiger partial charge in [0, 0.05) is 12.8 Å². The van der Waals surface area contributed by atoms with Crippen LogP contribution in [-0.2, 0) is 28.7 Å². The van der Waals surface area contributed by atoms with E-state index < -0.39 is 23.7 Å². The van der Waals surface area contributed by atoms with Crippen LogP contribution in [0.15, 0.2) is 20.0 Å². The highest BCUT2D eigenvalue weighted by Crippen LogP contribution is 2.37. The van der Waals surface area contributed by atoms with Crippen molar-refractivity contribution in [1.82, 2.24) is 0 Å². The van der Waals surface area contributed by atoms with E-state index in [-0.39, 0.29) is 25.3 Å². The summed E-state index contributed by atoms with van der Waals surface area (Å²) >= 11 is 0. The van der Waals surface area contributed by atoms with E-state index in [1.165, 1.54) is 18.2 Å². The summed E-state index contributed by atoms with van der Waals surface area (Å²) in [4.78, 5) is 69.6. The molecule has 0 spiro atoms. The van der Waals surface area contributed by atoms with Crippen LogP contribution in [0, 0.1) is 11.8 Å². The molecule has 1 rings (SSSR count). The molecule has 0 bridgehead atoms. The molecule has 0 N–H and O–H groups in total. The zero-order valence-electron chi connectivity index (χ0n) is 17.7. The van der Waals surface area contributed by atoms with Crippen molar-refractivity contribution < 1.29 is 28.7 Å². The molecule has 10 nitrogen and oxygen atoms in total. The van der Waals surface area contributed by atoms with Crippen LogP contribution in [0.5, 0.6) is 0 Å². The number of unbranched alkanes of at least 4 members (excludes halogenated alkanes) is 1. The van der Waals surface area contributed by atoms with Crippen LogP contribution in [0.25, 0.3) is 0 Å². The number of ether oxygens (including phenoxy) is 1. The fraction of sp³-hybridized carbons (Fsp3) is 0.762. The van der Waals surface area contributed by atoms with Crippen molar-refractivity contribution in [3.63, 3.8) is 0 Å². The summed E-state index contributed by atoms with van der Waals surface area (Å²) < 4.78 is 5.54. The number of carbonyl (C=O) groups is 1. The number of esters is 1. The van der Waals surface area contributed by atoms with E-state index in [0.717, 1.165) is 25.7 Å². The van der Waals surface area contributed by atoms with Crippen LogP contribution in [0.1, 0.15) is 64.7 Å². The van der Waals surface area contributed by atoms with Crippen LogP contribution >= 0.6 is 0 Å². The molecule has 0 heterocycles. The summed E-state index contributed by atoms with van der Waals surface area (Å²) in [5.41, 5.74) is -1.42. The molecule has 1 aliphatic carbocycles. The minimum Gasteiger partial charge on any atom is -0.436 e. The Bertz CT molecular complexity index is 777. The number of isocyanates is 4. The van der Waals surface area contributed by atoms with Gasteiger partial charge < -0.3 is 4.74 Å². The Hall–Kier alpha value is -3.01. The number of hydrogen-bond donors (Lipinski definition) is 0. The summed E-state index contributed by atoms with van der Waals surface area (Å²) in [7, 11) is 0. The summed E-state index contributed by atoms with van der Waals surface area (Å²) in [6.45, 7) is 2.38. The molecule has 0 aromatic rings. The maximum absolute atomic E-state index is 12.8. The highest BCUT2D eigenvalue weighted by molar-refractivity contribution is 5.73. The van der Waals surface area contributed by atoms with E-state index in [9.17, 15) is 24.0 Å². The van der Waals surface area contributed by atoms with Gasteiger partial charge in [0.25, 0.3) is 0 Å². The monoisotopic (exact) mass is 432 g/mol. The molecule has 0 saturated heterocycles. The van der Waals surface area contributed by atoms with Crippen LogP contribution in [0.2, 0.25) is 0 Å². The van der Waals surface area contributed by atoms with Crippen LogP contribution in [0.3, 0.4) is 0 Å². The molecule has 1 aliphatic rings. The average Bonchev–Trinajstić information content (AvgIpc) is 3.14. The summed E-state index contributed by atoms with van der Waals surface area (Å²) in [6.07, 6.45) is 11.4. The predicted molar refractivity (Wildman–Crippen MR) is 109 cm³/mol. The van der Waals surface area contributed by atoms with Gasteiger partial charge in [-0.3, -0.25) is 4.79 Å². The first-order valence-electron chi connectivity index (χ1n) is 10.5. The van der Waals surface area contributed by atoms with Gasteiger partial charge in [-0.15, -0.1) is 0 Å². The van der Waals surface area contributed by atoms with Crippen molar-refractivity contribution in [1.29, 1.82) is 0 Å². The van der Waals surface area contributed by atoms with Gasteiger partial charge in [-0.05, 0) is 31.6 Å². The minimum atomic E-state index is -1.42. The van der Waals surface area contributed by atoms with Crippen molar-refractivity contribution in [2.45, 2.75) is 76.5 Å². The lowest BCUT2D eigenvalue weighted by molar-refractivity contribution is -0.163. The molecule has 168 valence electrons. The molecule has 0 aromatic heterocycles. The summed E-state index contributed by atoms with van der Waals surface area (Å²) in [5, 5.41) is 0. The molecule has 0 radical (unpaired) electrons. The van der Waals surface area contributed by atoms with E-state index in [1.54, 1.807) is 6.08 Å². The Morgan fingerprint density at radius 3 is 2.35 bits per heavy atom. The fourth-order valence-corrected chi connectivity index (χ4v) is 3.79. The molecule has 31 heavy (non-hydrogen) atoms. The van der Waals surface area contributed by atoms with Gasteiger partial charge in [0.1, 0.15) is 0 Å². The largest absolute Gasteiger partial charge is 0.436 e. The first kappa shape index (κ1) is 26.0. The average molecular weight is 432 g/mol. The standard InChI is InChI=1S/C21H28N4O6/c1-2-3-5-17(11-22-13-26)6-4-7-18(12-23-14-27)20(30)31-21(25-16-29)9-8-19(10-21)24-15-28/h17-19H,2-12H2,1H3. The van der Waals surface area contributed by atoms with Crippen molar-refractivity contribution >= 4 is 30.3 Å². The Morgan fingerprint density at radius 2 is 1.71 bits per heavy atom. The normalized spacial score (nSPS) is 21.4. The van der Waals surface area contributed by atoms with Crippen LogP contribution < -0.4 is 0 Å². The maximum atomic E-state index is 12.8. The smallest absolute Gasteiger partial charge is 0.313 e. The van der Waals surface area contributed by atoms with Crippen molar-refractivity contribution in [3.05, 3.63) is 0 Å². The second-order valence-corrected chi connectivity index (χ2v) is 7.69. The number of hydrogen-bond acceptors (Lipinski definition) is 10. The number of rotatable bonds is 15. The predicted octanol–water partition coefficient (Wildman–Crippen LogP) is 2.71. The Labute approximate surface area is 181 Å². The second-order valence-electron chi connectivity index (χ2n) is 7.69. The molecule has 10 heteroatoms. The van der Waals surface area contributed by atoms with Gasteiger partial charge in [0.15, 0.2) is 0 Å². The number of nitrogens with zero attached hydrogens (tertiary/aromatic N) is 4. The van der Waals surface area contributed by atoms with E-state index in [1.807, 2.05) is 0 Å². The molecule has 0 aliphatic heterocycles. The first-order chi connectivity index (χ1) is 15.0.